The normalized spacial score (nSPS) is 29.6. The lowest BCUT2D eigenvalue weighted by Crippen LogP contribution is -2.48. The molecular formula is C21H34N2O3S. The summed E-state index contributed by atoms with van der Waals surface area (Å²) in [4.78, 5) is 15.5. The molecule has 4 unspecified atom stereocenters. The van der Waals surface area contributed by atoms with Gasteiger partial charge in [-0.15, -0.1) is 11.3 Å². The number of amides is 1. The lowest BCUT2D eigenvalue weighted by atomic mass is 9.86. The van der Waals surface area contributed by atoms with E-state index in [1.807, 2.05) is 25.7 Å². The summed E-state index contributed by atoms with van der Waals surface area (Å²) >= 11 is 1.78. The van der Waals surface area contributed by atoms with E-state index >= 15 is 0 Å². The van der Waals surface area contributed by atoms with Gasteiger partial charge in [0.1, 0.15) is 5.60 Å². The highest BCUT2D eigenvalue weighted by atomic mass is 32.1. The number of likely N-dealkylation sites (tertiary alicyclic amines) is 1. The first-order valence-corrected chi connectivity index (χ1v) is 11.1. The number of rotatable bonds is 4. The number of carbonyl (C=O) groups excluding carboxylic acids is 1. The Labute approximate surface area is 167 Å². The van der Waals surface area contributed by atoms with Gasteiger partial charge in [0, 0.05) is 30.6 Å². The quantitative estimate of drug-likeness (QED) is 0.820. The van der Waals surface area contributed by atoms with E-state index in [1.54, 1.807) is 11.3 Å². The van der Waals surface area contributed by atoms with Crippen LogP contribution in [0.5, 0.6) is 0 Å². The molecule has 2 aliphatic rings. The van der Waals surface area contributed by atoms with Gasteiger partial charge in [-0.3, -0.25) is 0 Å². The Hall–Kier alpha value is -1.11. The van der Waals surface area contributed by atoms with Gasteiger partial charge in [0.05, 0.1) is 6.10 Å². The molecule has 0 aromatic carbocycles. The third-order valence-electron chi connectivity index (χ3n) is 5.55. The maximum Gasteiger partial charge on any atom is 0.410 e. The van der Waals surface area contributed by atoms with Gasteiger partial charge in [-0.25, -0.2) is 4.79 Å². The van der Waals surface area contributed by atoms with E-state index in [0.29, 0.717) is 17.9 Å². The number of hydrogen-bond acceptors (Lipinski definition) is 5. The van der Waals surface area contributed by atoms with Crippen molar-refractivity contribution in [2.24, 2.45) is 11.8 Å². The van der Waals surface area contributed by atoms with Crippen molar-refractivity contribution in [3.63, 3.8) is 0 Å². The van der Waals surface area contributed by atoms with E-state index in [2.05, 4.69) is 29.8 Å². The van der Waals surface area contributed by atoms with Crippen molar-refractivity contribution >= 4 is 17.4 Å². The molecule has 0 aliphatic carbocycles. The zero-order chi connectivity index (χ0) is 19.4. The largest absolute Gasteiger partial charge is 0.444 e. The summed E-state index contributed by atoms with van der Waals surface area (Å²) in [6, 6.07) is 4.79. The van der Waals surface area contributed by atoms with Gasteiger partial charge in [-0.2, -0.15) is 0 Å². The molecule has 2 saturated heterocycles. The SMILES string of the molecule is CC1CN(C(=O)OC(C)(C)C)CCC1CNC1CCOC(c2cccs2)C1. The highest BCUT2D eigenvalue weighted by Gasteiger charge is 2.32. The molecular weight excluding hydrogens is 360 g/mol. The Morgan fingerprint density at radius 2 is 2.22 bits per heavy atom. The molecule has 0 saturated carbocycles. The zero-order valence-corrected chi connectivity index (χ0v) is 17.9. The first-order chi connectivity index (χ1) is 12.8. The number of hydrogen-bond donors (Lipinski definition) is 1. The van der Waals surface area contributed by atoms with Crippen molar-refractivity contribution < 1.29 is 14.3 Å². The highest BCUT2D eigenvalue weighted by Crippen LogP contribution is 2.31. The summed E-state index contributed by atoms with van der Waals surface area (Å²) in [5, 5.41) is 5.91. The third-order valence-corrected chi connectivity index (χ3v) is 6.51. The minimum absolute atomic E-state index is 0.177. The Morgan fingerprint density at radius 3 is 2.89 bits per heavy atom. The average Bonchev–Trinajstić information content (AvgIpc) is 3.14. The number of nitrogens with zero attached hydrogens (tertiary/aromatic N) is 1. The summed E-state index contributed by atoms with van der Waals surface area (Å²) in [5.41, 5.74) is -0.430. The van der Waals surface area contributed by atoms with Crippen molar-refractivity contribution in [2.45, 2.75) is 64.7 Å². The predicted molar refractivity (Wildman–Crippen MR) is 109 cm³/mol. The lowest BCUT2D eigenvalue weighted by Gasteiger charge is -2.38. The van der Waals surface area contributed by atoms with Crippen molar-refractivity contribution in [1.82, 2.24) is 10.2 Å². The van der Waals surface area contributed by atoms with Crippen LogP contribution in [0.1, 0.15) is 57.9 Å². The van der Waals surface area contributed by atoms with Crippen LogP contribution in [0, 0.1) is 11.8 Å². The molecule has 5 nitrogen and oxygen atoms in total. The van der Waals surface area contributed by atoms with E-state index in [4.69, 9.17) is 9.47 Å². The molecule has 3 rings (SSSR count). The molecule has 2 aliphatic heterocycles. The Kier molecular flexibility index (Phi) is 6.82. The van der Waals surface area contributed by atoms with Crippen LogP contribution in [0.3, 0.4) is 0 Å². The molecule has 4 atom stereocenters. The van der Waals surface area contributed by atoms with Crippen LogP contribution >= 0.6 is 11.3 Å². The molecule has 152 valence electrons. The highest BCUT2D eigenvalue weighted by molar-refractivity contribution is 7.10. The third kappa shape index (κ3) is 5.93. The molecule has 0 spiro atoms. The monoisotopic (exact) mass is 394 g/mol. The summed E-state index contributed by atoms with van der Waals surface area (Å²) < 4.78 is 11.5. The summed E-state index contributed by atoms with van der Waals surface area (Å²) in [5.74, 6) is 1.08. The number of ether oxygens (including phenoxy) is 2. The van der Waals surface area contributed by atoms with Crippen LogP contribution in [0.2, 0.25) is 0 Å². The molecule has 2 fully saturated rings. The average molecular weight is 395 g/mol. The molecule has 0 bridgehead atoms. The standard InChI is InChI=1S/C21H34N2O3S/c1-15-14-23(20(24)26-21(2,3)4)9-7-16(15)13-22-17-8-10-25-18(12-17)19-6-5-11-27-19/h5-6,11,15-18,22H,7-10,12-14H2,1-4H3. The molecule has 6 heteroatoms. The minimum Gasteiger partial charge on any atom is -0.444 e. The van der Waals surface area contributed by atoms with Crippen molar-refractivity contribution in [1.29, 1.82) is 0 Å². The molecule has 27 heavy (non-hydrogen) atoms. The molecule has 0 radical (unpaired) electrons. The maximum atomic E-state index is 12.3. The van der Waals surface area contributed by atoms with Crippen LogP contribution in [-0.4, -0.2) is 48.9 Å². The number of thiophene rings is 1. The van der Waals surface area contributed by atoms with Crippen molar-refractivity contribution in [3.8, 4) is 0 Å². The van der Waals surface area contributed by atoms with Crippen LogP contribution in [-0.2, 0) is 9.47 Å². The fourth-order valence-corrected chi connectivity index (χ4v) is 4.75. The molecule has 1 aromatic rings. The van der Waals surface area contributed by atoms with E-state index in [-0.39, 0.29) is 12.2 Å². The van der Waals surface area contributed by atoms with E-state index in [9.17, 15) is 4.79 Å². The predicted octanol–water partition coefficient (Wildman–Crippen LogP) is 4.45. The molecule has 1 N–H and O–H groups in total. The second kappa shape index (κ2) is 8.93. The van der Waals surface area contributed by atoms with E-state index in [0.717, 1.165) is 45.5 Å². The zero-order valence-electron chi connectivity index (χ0n) is 17.1. The topological polar surface area (TPSA) is 50.8 Å². The Morgan fingerprint density at radius 1 is 1.41 bits per heavy atom. The number of nitrogens with one attached hydrogen (secondary N) is 1. The molecule has 1 aromatic heterocycles. The molecule has 1 amide bonds. The van der Waals surface area contributed by atoms with Gasteiger partial charge in [0.25, 0.3) is 0 Å². The van der Waals surface area contributed by atoms with Crippen molar-refractivity contribution in [3.05, 3.63) is 22.4 Å². The fourth-order valence-electron chi connectivity index (χ4n) is 3.96. The summed E-state index contributed by atoms with van der Waals surface area (Å²) in [7, 11) is 0. The Balaban J connectivity index is 1.43. The fraction of sp³-hybridized carbons (Fsp3) is 0.762. The Bertz CT molecular complexity index is 599. The summed E-state index contributed by atoms with van der Waals surface area (Å²) in [6.07, 6.45) is 3.22. The van der Waals surface area contributed by atoms with Gasteiger partial charge in [-0.05, 0) is 69.9 Å². The maximum absolute atomic E-state index is 12.3. The molecule has 3 heterocycles. The number of piperidine rings is 1. The van der Waals surface area contributed by atoms with Crippen LogP contribution < -0.4 is 5.32 Å². The first-order valence-electron chi connectivity index (χ1n) is 10.2. The second-order valence-electron chi connectivity index (χ2n) is 8.96. The van der Waals surface area contributed by atoms with Crippen LogP contribution in [0.25, 0.3) is 0 Å². The second-order valence-corrected chi connectivity index (χ2v) is 9.94. The van der Waals surface area contributed by atoms with E-state index < -0.39 is 5.60 Å². The van der Waals surface area contributed by atoms with Crippen LogP contribution in [0.15, 0.2) is 17.5 Å². The summed E-state index contributed by atoms with van der Waals surface area (Å²) in [6.45, 7) is 11.4. The van der Waals surface area contributed by atoms with Gasteiger partial charge < -0.3 is 19.7 Å². The minimum atomic E-state index is -0.430. The number of carbonyl (C=O) groups is 1. The van der Waals surface area contributed by atoms with Gasteiger partial charge >= 0.3 is 6.09 Å². The van der Waals surface area contributed by atoms with Crippen LogP contribution in [0.4, 0.5) is 4.79 Å². The smallest absolute Gasteiger partial charge is 0.410 e. The van der Waals surface area contributed by atoms with E-state index in [1.165, 1.54) is 4.88 Å². The lowest BCUT2D eigenvalue weighted by molar-refractivity contribution is -0.00162. The van der Waals surface area contributed by atoms with Crippen molar-refractivity contribution in [2.75, 3.05) is 26.2 Å². The van der Waals surface area contributed by atoms with Gasteiger partial charge in [0.2, 0.25) is 0 Å². The van der Waals surface area contributed by atoms with Gasteiger partial charge in [-0.1, -0.05) is 13.0 Å². The first kappa shape index (κ1) is 20.6. The van der Waals surface area contributed by atoms with Gasteiger partial charge in [0.15, 0.2) is 0 Å².